The molecule has 0 amide bonds. The molecule has 2 unspecified atom stereocenters. The quantitative estimate of drug-likeness (QED) is 0.598. The summed E-state index contributed by atoms with van der Waals surface area (Å²) in [6.07, 6.45) is 0.393. The van der Waals surface area contributed by atoms with Crippen molar-refractivity contribution in [2.75, 3.05) is 25.5 Å². The van der Waals surface area contributed by atoms with Crippen molar-refractivity contribution in [1.82, 2.24) is 24.9 Å². The highest BCUT2D eigenvalue weighted by atomic mass is 19.1. The van der Waals surface area contributed by atoms with E-state index in [1.54, 1.807) is 19.9 Å². The lowest BCUT2D eigenvalue weighted by Gasteiger charge is -2.19. The fourth-order valence-electron chi connectivity index (χ4n) is 3.32. The van der Waals surface area contributed by atoms with Crippen molar-refractivity contribution < 1.29 is 18.6 Å². The number of aromatic nitrogens is 4. The summed E-state index contributed by atoms with van der Waals surface area (Å²) < 4.78 is 35.2. The van der Waals surface area contributed by atoms with Crippen LogP contribution in [0.5, 0.6) is 5.75 Å². The van der Waals surface area contributed by atoms with Crippen LogP contribution >= 0.6 is 0 Å². The molecule has 4 rings (SSSR count). The van der Waals surface area contributed by atoms with Gasteiger partial charge in [0.1, 0.15) is 40.4 Å². The lowest BCUT2D eigenvalue weighted by atomic mass is 10.0. The minimum atomic E-state index is -1.29. The van der Waals surface area contributed by atoms with Gasteiger partial charge in [0.15, 0.2) is 11.5 Å². The zero-order valence-corrected chi connectivity index (χ0v) is 16.3. The molecule has 8 nitrogen and oxygen atoms in total. The molecule has 0 spiro atoms. The first kappa shape index (κ1) is 19.5. The average molecular weight is 404 g/mol. The Balaban J connectivity index is 1.79. The van der Waals surface area contributed by atoms with Crippen LogP contribution < -0.4 is 15.4 Å². The monoisotopic (exact) mass is 404 g/mol. The van der Waals surface area contributed by atoms with Crippen LogP contribution in [0.25, 0.3) is 17.0 Å². The minimum absolute atomic E-state index is 0.0169. The molecule has 3 aromatic heterocycles. The Hall–Kier alpha value is -2.85. The van der Waals surface area contributed by atoms with Crippen molar-refractivity contribution in [3.63, 3.8) is 0 Å². The molecule has 0 aliphatic carbocycles. The number of nitrogens with zero attached hydrogens (tertiary/aromatic N) is 4. The van der Waals surface area contributed by atoms with Crippen LogP contribution in [0.3, 0.4) is 0 Å². The third-order valence-electron chi connectivity index (χ3n) is 4.82. The Morgan fingerprint density at radius 3 is 2.79 bits per heavy atom. The molecular weight excluding hydrogens is 382 g/mol. The molecule has 3 aromatic rings. The number of methoxy groups -OCH3 is 1. The van der Waals surface area contributed by atoms with Crippen LogP contribution in [-0.2, 0) is 5.60 Å². The van der Waals surface area contributed by atoms with E-state index >= 15 is 0 Å². The molecule has 0 bridgehead atoms. The van der Waals surface area contributed by atoms with E-state index in [2.05, 4.69) is 25.7 Å². The molecule has 154 valence electrons. The molecule has 1 saturated heterocycles. The number of aliphatic hydroxyl groups is 1. The van der Waals surface area contributed by atoms with Crippen molar-refractivity contribution in [3.05, 3.63) is 35.9 Å². The second kappa shape index (κ2) is 7.20. The first-order valence-corrected chi connectivity index (χ1v) is 9.22. The molecule has 3 N–H and O–H groups in total. The average Bonchev–Trinajstić information content (AvgIpc) is 3.27. The largest absolute Gasteiger partial charge is 0.495 e. The molecule has 1 fully saturated rings. The number of nitrogens with one attached hydrogen (secondary N) is 2. The van der Waals surface area contributed by atoms with Crippen LogP contribution in [0.4, 0.5) is 14.6 Å². The molecule has 0 radical (unpaired) electrons. The lowest BCUT2D eigenvalue weighted by molar-refractivity contribution is 0.0694. The first-order chi connectivity index (χ1) is 13.8. The van der Waals surface area contributed by atoms with Crippen molar-refractivity contribution in [3.8, 4) is 17.1 Å². The standard InChI is InChI=1S/C19H22F2N6O2/c1-19(2,28)18-14(29-3)6-16-23-9-13(27(16)26-18)17-10(20)4-5-15(25-17)24-12-8-22-7-11(12)21/h4-6,9,11-12,22,28H,7-8H2,1-3H3,(H,24,25). The number of alkyl halides is 1. The SMILES string of the molecule is COc1cc2ncc(-c3nc(NC4CNCC4F)ccc3F)n2nc1C(C)(C)O. The summed E-state index contributed by atoms with van der Waals surface area (Å²) in [7, 11) is 1.47. The topological polar surface area (TPSA) is 96.6 Å². The Kier molecular flexibility index (Phi) is 4.83. The predicted octanol–water partition coefficient (Wildman–Crippen LogP) is 1.89. The van der Waals surface area contributed by atoms with Gasteiger partial charge in [-0.25, -0.2) is 23.3 Å². The van der Waals surface area contributed by atoms with Gasteiger partial charge in [-0.1, -0.05) is 0 Å². The number of rotatable bonds is 5. The van der Waals surface area contributed by atoms with E-state index in [1.165, 1.54) is 30.0 Å². The molecule has 0 saturated carbocycles. The maximum absolute atomic E-state index is 14.6. The van der Waals surface area contributed by atoms with Gasteiger partial charge in [0.25, 0.3) is 0 Å². The smallest absolute Gasteiger partial charge is 0.157 e. The van der Waals surface area contributed by atoms with Gasteiger partial charge in [-0.2, -0.15) is 5.10 Å². The number of anilines is 1. The fourth-order valence-corrected chi connectivity index (χ4v) is 3.32. The molecule has 10 heteroatoms. The minimum Gasteiger partial charge on any atom is -0.495 e. The Bertz CT molecular complexity index is 1050. The van der Waals surface area contributed by atoms with E-state index in [0.29, 0.717) is 29.5 Å². The van der Waals surface area contributed by atoms with Crippen LogP contribution in [-0.4, -0.2) is 57.1 Å². The molecule has 1 aliphatic heterocycles. The summed E-state index contributed by atoms with van der Waals surface area (Å²) >= 11 is 0. The van der Waals surface area contributed by atoms with Crippen molar-refractivity contribution in [2.24, 2.45) is 0 Å². The van der Waals surface area contributed by atoms with Crippen LogP contribution in [0.1, 0.15) is 19.5 Å². The molecule has 1 aliphatic rings. The number of halogens is 2. The summed E-state index contributed by atoms with van der Waals surface area (Å²) in [6.45, 7) is 3.88. The van der Waals surface area contributed by atoms with Crippen molar-refractivity contribution in [2.45, 2.75) is 31.7 Å². The third-order valence-corrected chi connectivity index (χ3v) is 4.82. The number of pyridine rings is 1. The van der Waals surface area contributed by atoms with Crippen LogP contribution in [0, 0.1) is 5.82 Å². The first-order valence-electron chi connectivity index (χ1n) is 9.22. The number of imidazole rings is 1. The number of ether oxygens (including phenoxy) is 1. The van der Waals surface area contributed by atoms with Gasteiger partial charge < -0.3 is 20.5 Å². The van der Waals surface area contributed by atoms with E-state index in [-0.39, 0.29) is 17.9 Å². The normalized spacial score (nSPS) is 19.7. The van der Waals surface area contributed by atoms with Crippen LogP contribution in [0.2, 0.25) is 0 Å². The van der Waals surface area contributed by atoms with Gasteiger partial charge in [-0.15, -0.1) is 0 Å². The van der Waals surface area contributed by atoms with Gasteiger partial charge in [-0.05, 0) is 26.0 Å². The van der Waals surface area contributed by atoms with E-state index in [9.17, 15) is 13.9 Å². The fraction of sp³-hybridized carbons (Fsp3) is 0.421. The molecule has 29 heavy (non-hydrogen) atoms. The molecule has 4 heterocycles. The van der Waals surface area contributed by atoms with E-state index < -0.39 is 23.6 Å². The highest BCUT2D eigenvalue weighted by Gasteiger charge is 2.28. The molecular formula is C19H22F2N6O2. The highest BCUT2D eigenvalue weighted by molar-refractivity contribution is 5.63. The lowest BCUT2D eigenvalue weighted by Crippen LogP contribution is -2.29. The Morgan fingerprint density at radius 1 is 1.34 bits per heavy atom. The summed E-state index contributed by atoms with van der Waals surface area (Å²) in [5.74, 6) is 0.152. The summed E-state index contributed by atoms with van der Waals surface area (Å²) in [6, 6.07) is 3.90. The second-order valence-corrected chi connectivity index (χ2v) is 7.49. The number of fused-ring (bicyclic) bond motifs is 1. The number of hydrogen-bond acceptors (Lipinski definition) is 7. The summed E-state index contributed by atoms with van der Waals surface area (Å²) in [4.78, 5) is 8.58. The van der Waals surface area contributed by atoms with Gasteiger partial charge in [0.2, 0.25) is 0 Å². The predicted molar refractivity (Wildman–Crippen MR) is 103 cm³/mol. The summed E-state index contributed by atoms with van der Waals surface area (Å²) in [5.41, 5.74) is -0.284. The van der Waals surface area contributed by atoms with Gasteiger partial charge in [0.05, 0.1) is 19.3 Å². The molecule has 0 aromatic carbocycles. The maximum Gasteiger partial charge on any atom is 0.157 e. The van der Waals surface area contributed by atoms with E-state index in [1.807, 2.05) is 0 Å². The van der Waals surface area contributed by atoms with Crippen molar-refractivity contribution in [1.29, 1.82) is 0 Å². The third kappa shape index (κ3) is 3.60. The highest BCUT2D eigenvalue weighted by Crippen LogP contribution is 2.31. The van der Waals surface area contributed by atoms with E-state index in [0.717, 1.165) is 0 Å². The molecule has 2 atom stereocenters. The van der Waals surface area contributed by atoms with Gasteiger partial charge in [-0.3, -0.25) is 0 Å². The number of hydrogen-bond donors (Lipinski definition) is 3. The Morgan fingerprint density at radius 2 is 2.14 bits per heavy atom. The van der Waals surface area contributed by atoms with Crippen LogP contribution in [0.15, 0.2) is 24.4 Å². The zero-order chi connectivity index (χ0) is 20.8. The second-order valence-electron chi connectivity index (χ2n) is 7.49. The van der Waals surface area contributed by atoms with E-state index in [4.69, 9.17) is 4.74 Å². The maximum atomic E-state index is 14.6. The van der Waals surface area contributed by atoms with Gasteiger partial charge >= 0.3 is 0 Å². The zero-order valence-electron chi connectivity index (χ0n) is 16.3. The summed E-state index contributed by atoms with van der Waals surface area (Å²) in [5, 5.41) is 20.8. The van der Waals surface area contributed by atoms with Crippen molar-refractivity contribution >= 4 is 11.5 Å². The van der Waals surface area contributed by atoms with Gasteiger partial charge in [0, 0.05) is 19.2 Å². The Labute approximate surface area is 165 Å².